The molecule has 1 aromatic carbocycles. The number of aromatic nitrogens is 3. The largest absolute Gasteiger partial charge is 0.481 e. The summed E-state index contributed by atoms with van der Waals surface area (Å²) in [5.74, 6) is -1.33. The maximum absolute atomic E-state index is 13.7. The molecule has 0 saturated carbocycles. The number of fused-ring (bicyclic) bond motifs is 1. The number of rotatable bonds is 9. The Bertz CT molecular complexity index is 1530. The van der Waals surface area contributed by atoms with E-state index in [4.69, 9.17) is 0 Å². The fraction of sp³-hybridized carbons (Fsp3) is 0.333. The summed E-state index contributed by atoms with van der Waals surface area (Å²) >= 11 is 0. The third-order valence-electron chi connectivity index (χ3n) is 6.79. The molecule has 3 aromatic heterocycles. The molecule has 8 nitrogen and oxygen atoms in total. The van der Waals surface area contributed by atoms with Gasteiger partial charge in [0.15, 0.2) is 0 Å². The van der Waals surface area contributed by atoms with Gasteiger partial charge in [-0.2, -0.15) is 0 Å². The molecule has 4 aromatic rings. The first-order valence-corrected chi connectivity index (χ1v) is 12.8. The number of aryl methyl sites for hydroxylation is 3. The van der Waals surface area contributed by atoms with E-state index >= 15 is 0 Å². The van der Waals surface area contributed by atoms with Gasteiger partial charge in [-0.1, -0.05) is 32.0 Å². The lowest BCUT2D eigenvalue weighted by atomic mass is 9.94. The maximum atomic E-state index is 13.7. The number of carboxylic acid groups (broad SMARTS) is 1. The van der Waals surface area contributed by atoms with Crippen LogP contribution < -0.4 is 10.9 Å². The van der Waals surface area contributed by atoms with Crippen LogP contribution in [0.5, 0.6) is 0 Å². The first-order chi connectivity index (χ1) is 18.0. The van der Waals surface area contributed by atoms with Crippen LogP contribution in [0, 0.1) is 26.7 Å². The van der Waals surface area contributed by atoms with E-state index in [1.54, 1.807) is 18.5 Å². The minimum absolute atomic E-state index is 0.128. The second-order valence-electron chi connectivity index (χ2n) is 10.4. The lowest BCUT2D eigenvalue weighted by Crippen LogP contribution is -2.40. The van der Waals surface area contributed by atoms with Gasteiger partial charge in [-0.05, 0) is 73.1 Å². The van der Waals surface area contributed by atoms with E-state index in [9.17, 15) is 19.5 Å². The van der Waals surface area contributed by atoms with E-state index < -0.39 is 24.0 Å². The standard InChI is InChI=1S/C30H34N4O4/c1-18(2)13-25(34-11-9-19(3)14-26(34)35)30(38)32-24(16-27(36)37)23-15-22(17-33-12-10-31-29(23)33)28-20(4)7-6-8-21(28)5/h6-12,14-15,17-18,24-25H,13,16H2,1-5H3,(H,32,38)(H,36,37)/t24-,25+/m0/s1. The Morgan fingerprint density at radius 1 is 1.05 bits per heavy atom. The molecule has 0 spiro atoms. The van der Waals surface area contributed by atoms with Gasteiger partial charge in [-0.15, -0.1) is 0 Å². The lowest BCUT2D eigenvalue weighted by Gasteiger charge is -2.25. The number of nitrogens with one attached hydrogen (secondary N) is 1. The van der Waals surface area contributed by atoms with Gasteiger partial charge in [0.25, 0.3) is 5.56 Å². The van der Waals surface area contributed by atoms with E-state index in [1.165, 1.54) is 10.6 Å². The van der Waals surface area contributed by atoms with E-state index in [1.807, 2.05) is 75.7 Å². The lowest BCUT2D eigenvalue weighted by molar-refractivity contribution is -0.138. The summed E-state index contributed by atoms with van der Waals surface area (Å²) < 4.78 is 3.28. The number of aliphatic carboxylic acids is 1. The monoisotopic (exact) mass is 514 g/mol. The van der Waals surface area contributed by atoms with Crippen molar-refractivity contribution in [1.82, 2.24) is 19.3 Å². The molecule has 0 unspecified atom stereocenters. The zero-order valence-corrected chi connectivity index (χ0v) is 22.4. The predicted molar refractivity (Wildman–Crippen MR) is 147 cm³/mol. The summed E-state index contributed by atoms with van der Waals surface area (Å²) in [6.45, 7) is 9.86. The first kappa shape index (κ1) is 26.9. The molecule has 2 N–H and O–H groups in total. The van der Waals surface area contributed by atoms with Crippen molar-refractivity contribution in [1.29, 1.82) is 0 Å². The number of hydrogen-bond acceptors (Lipinski definition) is 4. The van der Waals surface area contributed by atoms with Crippen LogP contribution in [0.3, 0.4) is 0 Å². The molecule has 4 rings (SSSR count). The molecular weight excluding hydrogens is 480 g/mol. The number of carbonyl (C=O) groups is 2. The van der Waals surface area contributed by atoms with Crippen LogP contribution in [-0.4, -0.2) is 30.9 Å². The van der Waals surface area contributed by atoms with Crippen molar-refractivity contribution < 1.29 is 14.7 Å². The highest BCUT2D eigenvalue weighted by Crippen LogP contribution is 2.32. The van der Waals surface area contributed by atoms with Crippen LogP contribution in [0.15, 0.2) is 66.0 Å². The fourth-order valence-electron chi connectivity index (χ4n) is 5.04. The second-order valence-corrected chi connectivity index (χ2v) is 10.4. The Labute approximate surface area is 222 Å². The number of nitrogens with zero attached hydrogens (tertiary/aromatic N) is 3. The highest BCUT2D eigenvalue weighted by atomic mass is 16.4. The number of imidazole rings is 1. The van der Waals surface area contributed by atoms with Crippen LogP contribution >= 0.6 is 0 Å². The number of amides is 1. The Kier molecular flexibility index (Phi) is 7.80. The number of benzene rings is 1. The number of hydrogen-bond donors (Lipinski definition) is 2. The molecule has 0 aliphatic heterocycles. The van der Waals surface area contributed by atoms with Crippen molar-refractivity contribution >= 4 is 17.5 Å². The third kappa shape index (κ3) is 5.69. The average Bonchev–Trinajstić information content (AvgIpc) is 3.30. The van der Waals surface area contributed by atoms with Gasteiger partial charge in [0, 0.05) is 36.4 Å². The van der Waals surface area contributed by atoms with Gasteiger partial charge in [0.05, 0.1) is 12.5 Å². The molecule has 198 valence electrons. The number of carbonyl (C=O) groups excluding carboxylic acids is 1. The van der Waals surface area contributed by atoms with E-state index in [-0.39, 0.29) is 17.9 Å². The number of pyridine rings is 2. The second kappa shape index (κ2) is 11.0. The van der Waals surface area contributed by atoms with Gasteiger partial charge in [0.2, 0.25) is 5.91 Å². The summed E-state index contributed by atoms with van der Waals surface area (Å²) in [5, 5.41) is 12.8. The zero-order chi connectivity index (χ0) is 27.6. The molecule has 0 fully saturated rings. The Morgan fingerprint density at radius 2 is 1.76 bits per heavy atom. The van der Waals surface area contributed by atoms with Gasteiger partial charge < -0.3 is 19.4 Å². The summed E-state index contributed by atoms with van der Waals surface area (Å²) in [7, 11) is 0. The first-order valence-electron chi connectivity index (χ1n) is 12.8. The molecule has 0 aliphatic rings. The van der Waals surface area contributed by atoms with Gasteiger partial charge in [0.1, 0.15) is 11.7 Å². The summed E-state index contributed by atoms with van der Waals surface area (Å²) in [6.07, 6.45) is 7.15. The van der Waals surface area contributed by atoms with Gasteiger partial charge in [-0.25, -0.2) is 4.98 Å². The predicted octanol–water partition coefficient (Wildman–Crippen LogP) is 5.01. The maximum Gasteiger partial charge on any atom is 0.305 e. The normalized spacial score (nSPS) is 13.0. The molecule has 0 aliphatic carbocycles. The number of carboxylic acids is 1. The van der Waals surface area contributed by atoms with Crippen LogP contribution in [0.2, 0.25) is 0 Å². The minimum Gasteiger partial charge on any atom is -0.481 e. The quantitative estimate of drug-likeness (QED) is 0.327. The van der Waals surface area contributed by atoms with Crippen molar-refractivity contribution in [2.45, 2.75) is 59.5 Å². The molecule has 3 heterocycles. The van der Waals surface area contributed by atoms with Crippen LogP contribution in [0.4, 0.5) is 0 Å². The topological polar surface area (TPSA) is 106 Å². The SMILES string of the molecule is Cc1ccn([C@H](CC(C)C)C(=O)N[C@@H](CC(=O)O)c2cc(-c3c(C)cccc3C)cn3ccnc23)c(=O)c1. The van der Waals surface area contributed by atoms with Gasteiger partial charge in [-0.3, -0.25) is 14.4 Å². The van der Waals surface area contributed by atoms with Crippen molar-refractivity contribution in [2.24, 2.45) is 5.92 Å². The van der Waals surface area contributed by atoms with E-state index in [0.717, 1.165) is 27.8 Å². The van der Waals surface area contributed by atoms with Crippen LogP contribution in [0.1, 0.15) is 61.0 Å². The molecule has 0 bridgehead atoms. The van der Waals surface area contributed by atoms with Crippen LogP contribution in [-0.2, 0) is 9.59 Å². The van der Waals surface area contributed by atoms with Gasteiger partial charge >= 0.3 is 5.97 Å². The fourth-order valence-corrected chi connectivity index (χ4v) is 5.04. The third-order valence-corrected chi connectivity index (χ3v) is 6.79. The highest BCUT2D eigenvalue weighted by Gasteiger charge is 2.28. The van der Waals surface area contributed by atoms with Crippen LogP contribution in [0.25, 0.3) is 16.8 Å². The minimum atomic E-state index is -1.05. The van der Waals surface area contributed by atoms with Crippen molar-refractivity contribution in [3.8, 4) is 11.1 Å². The summed E-state index contributed by atoms with van der Waals surface area (Å²) in [5.41, 5.74) is 5.84. The van der Waals surface area contributed by atoms with Crippen molar-refractivity contribution in [3.05, 3.63) is 93.8 Å². The van der Waals surface area contributed by atoms with Crippen molar-refractivity contribution in [3.63, 3.8) is 0 Å². The zero-order valence-electron chi connectivity index (χ0n) is 22.4. The summed E-state index contributed by atoms with van der Waals surface area (Å²) in [4.78, 5) is 43.0. The smallest absolute Gasteiger partial charge is 0.305 e. The van der Waals surface area contributed by atoms with E-state index in [2.05, 4.69) is 10.3 Å². The molecule has 1 amide bonds. The Balaban J connectivity index is 1.81. The molecule has 38 heavy (non-hydrogen) atoms. The van der Waals surface area contributed by atoms with Crippen molar-refractivity contribution in [2.75, 3.05) is 0 Å². The Morgan fingerprint density at radius 3 is 2.39 bits per heavy atom. The molecular formula is C30H34N4O4. The van der Waals surface area contributed by atoms with E-state index in [0.29, 0.717) is 17.6 Å². The molecule has 0 radical (unpaired) electrons. The molecule has 8 heteroatoms. The summed E-state index contributed by atoms with van der Waals surface area (Å²) in [6, 6.07) is 9.64. The average molecular weight is 515 g/mol. The highest BCUT2D eigenvalue weighted by molar-refractivity contribution is 5.82. The Hall–Kier alpha value is -4.20. The molecule has 0 saturated heterocycles. The molecule has 2 atom stereocenters.